The average molecular weight is 235 g/mol. The zero-order chi connectivity index (χ0) is 12.6. The fourth-order valence-electron chi connectivity index (χ4n) is 2.25. The number of nitriles is 1. The summed E-state index contributed by atoms with van der Waals surface area (Å²) >= 11 is 0. The van der Waals surface area contributed by atoms with Crippen molar-refractivity contribution in [2.75, 3.05) is 13.1 Å². The van der Waals surface area contributed by atoms with Crippen molar-refractivity contribution in [3.8, 4) is 6.07 Å². The highest BCUT2D eigenvalue weighted by molar-refractivity contribution is 6.08. The largest absolute Gasteiger partial charge is 0.298 e. The van der Waals surface area contributed by atoms with Gasteiger partial charge < -0.3 is 0 Å². The van der Waals surface area contributed by atoms with Gasteiger partial charge in [0.2, 0.25) is 11.8 Å². The highest BCUT2D eigenvalue weighted by Gasteiger charge is 2.59. The molecule has 0 aromatic rings. The molecule has 3 unspecified atom stereocenters. The van der Waals surface area contributed by atoms with E-state index in [0.29, 0.717) is 13.0 Å². The van der Waals surface area contributed by atoms with Crippen LogP contribution in [-0.2, 0) is 9.59 Å². The molecule has 5 nitrogen and oxygen atoms in total. The Kier molecular flexibility index (Phi) is 2.92. The van der Waals surface area contributed by atoms with Crippen LogP contribution in [0, 0.1) is 23.2 Å². The van der Waals surface area contributed by atoms with Crippen LogP contribution in [0.4, 0.5) is 0 Å². The number of hydrogen-bond acceptors (Lipinski definition) is 4. The molecule has 17 heavy (non-hydrogen) atoms. The molecule has 2 fully saturated rings. The number of hydrogen-bond donors (Lipinski definition) is 1. The molecule has 0 radical (unpaired) electrons. The summed E-state index contributed by atoms with van der Waals surface area (Å²) in [6.07, 6.45) is 1.62. The van der Waals surface area contributed by atoms with Crippen molar-refractivity contribution in [3.63, 3.8) is 0 Å². The molecule has 2 amide bonds. The third-order valence-electron chi connectivity index (χ3n) is 3.44. The monoisotopic (exact) mass is 235 g/mol. The quantitative estimate of drug-likeness (QED) is 0.694. The van der Waals surface area contributed by atoms with E-state index in [1.807, 2.05) is 6.92 Å². The normalized spacial score (nSPS) is 29.8. The van der Waals surface area contributed by atoms with E-state index < -0.39 is 5.54 Å². The van der Waals surface area contributed by atoms with Gasteiger partial charge in [-0.15, -0.1) is 0 Å². The van der Waals surface area contributed by atoms with Crippen LogP contribution in [0.25, 0.3) is 0 Å². The molecular weight excluding hydrogens is 218 g/mol. The van der Waals surface area contributed by atoms with Crippen molar-refractivity contribution in [1.29, 1.82) is 5.26 Å². The van der Waals surface area contributed by atoms with Crippen molar-refractivity contribution in [1.82, 2.24) is 10.2 Å². The van der Waals surface area contributed by atoms with Gasteiger partial charge >= 0.3 is 0 Å². The fraction of sp³-hybridized carbons (Fsp3) is 0.750. The maximum atomic E-state index is 11.8. The third-order valence-corrected chi connectivity index (χ3v) is 3.44. The van der Waals surface area contributed by atoms with E-state index in [4.69, 9.17) is 5.26 Å². The molecule has 1 heterocycles. The van der Waals surface area contributed by atoms with Crippen LogP contribution in [0.3, 0.4) is 0 Å². The second kappa shape index (κ2) is 4.11. The minimum absolute atomic E-state index is 0.0865. The summed E-state index contributed by atoms with van der Waals surface area (Å²) in [5.41, 5.74) is -0.835. The van der Waals surface area contributed by atoms with Gasteiger partial charge in [0.1, 0.15) is 5.54 Å². The van der Waals surface area contributed by atoms with Crippen LogP contribution in [0.1, 0.15) is 26.7 Å². The van der Waals surface area contributed by atoms with Gasteiger partial charge in [-0.3, -0.25) is 19.8 Å². The average Bonchev–Trinajstić information content (AvgIpc) is 3.07. The Labute approximate surface area is 101 Å². The second-order valence-corrected chi connectivity index (χ2v) is 5.08. The summed E-state index contributed by atoms with van der Waals surface area (Å²) < 4.78 is 0. The molecule has 0 bridgehead atoms. The van der Waals surface area contributed by atoms with Crippen LogP contribution < -0.4 is 5.32 Å². The number of piperidine rings is 1. The van der Waals surface area contributed by atoms with Gasteiger partial charge in [0, 0.05) is 0 Å². The predicted octanol–water partition coefficient (Wildman–Crippen LogP) is 0.273. The molecule has 92 valence electrons. The minimum Gasteiger partial charge on any atom is -0.298 e. The molecule has 0 aromatic heterocycles. The Morgan fingerprint density at radius 1 is 1.47 bits per heavy atom. The minimum atomic E-state index is -0.835. The number of carbonyl (C=O) groups is 2. The molecule has 1 saturated heterocycles. The lowest BCUT2D eigenvalue weighted by Crippen LogP contribution is -2.52. The molecule has 3 atom stereocenters. The molecule has 1 saturated carbocycles. The third kappa shape index (κ3) is 2.05. The number of imide groups is 1. The Bertz CT molecular complexity index is 381. The first-order valence-electron chi connectivity index (χ1n) is 6.04. The SMILES string of the molecule is CCCNC(C)(C#N)CN1C(=O)C2CC2C1=O. The van der Waals surface area contributed by atoms with Crippen molar-refractivity contribution >= 4 is 11.8 Å². The number of rotatable bonds is 5. The first kappa shape index (κ1) is 12.1. The topological polar surface area (TPSA) is 73.2 Å². The zero-order valence-electron chi connectivity index (χ0n) is 10.2. The van der Waals surface area contributed by atoms with E-state index in [0.717, 1.165) is 6.42 Å². The molecule has 5 heteroatoms. The van der Waals surface area contributed by atoms with Gasteiger partial charge in [0.05, 0.1) is 24.4 Å². The Morgan fingerprint density at radius 3 is 2.53 bits per heavy atom. The smallest absolute Gasteiger partial charge is 0.233 e. The molecule has 0 aromatic carbocycles. The van der Waals surface area contributed by atoms with E-state index in [-0.39, 0.29) is 30.2 Å². The molecular formula is C12H17N3O2. The number of nitrogens with zero attached hydrogens (tertiary/aromatic N) is 2. The fourth-order valence-corrected chi connectivity index (χ4v) is 2.25. The maximum absolute atomic E-state index is 11.8. The van der Waals surface area contributed by atoms with E-state index in [1.165, 1.54) is 4.90 Å². The van der Waals surface area contributed by atoms with Crippen LogP contribution in [-0.4, -0.2) is 35.3 Å². The Hall–Kier alpha value is -1.41. The summed E-state index contributed by atoms with van der Waals surface area (Å²) in [4.78, 5) is 24.8. The van der Waals surface area contributed by atoms with E-state index in [1.54, 1.807) is 6.92 Å². The van der Waals surface area contributed by atoms with Gasteiger partial charge in [0.15, 0.2) is 0 Å². The number of amides is 2. The molecule has 1 N–H and O–H groups in total. The summed E-state index contributed by atoms with van der Waals surface area (Å²) in [7, 11) is 0. The van der Waals surface area contributed by atoms with E-state index in [9.17, 15) is 9.59 Å². The molecule has 0 spiro atoms. The molecule has 2 aliphatic rings. The standard InChI is InChI=1S/C12H17N3O2/c1-3-4-14-12(2,6-13)7-15-10(16)8-5-9(8)11(15)17/h8-9,14H,3-5,7H2,1-2H3. The van der Waals surface area contributed by atoms with Gasteiger partial charge in [0.25, 0.3) is 0 Å². The maximum Gasteiger partial charge on any atom is 0.233 e. The van der Waals surface area contributed by atoms with Gasteiger partial charge in [-0.25, -0.2) is 0 Å². The van der Waals surface area contributed by atoms with E-state index >= 15 is 0 Å². The number of nitrogens with one attached hydrogen (secondary N) is 1. The van der Waals surface area contributed by atoms with Gasteiger partial charge in [-0.05, 0) is 26.3 Å². The van der Waals surface area contributed by atoms with Gasteiger partial charge in [-0.2, -0.15) is 5.26 Å². The first-order chi connectivity index (χ1) is 8.02. The lowest BCUT2D eigenvalue weighted by atomic mass is 10.0. The van der Waals surface area contributed by atoms with Gasteiger partial charge in [-0.1, -0.05) is 6.92 Å². The zero-order valence-corrected chi connectivity index (χ0v) is 10.2. The molecule has 2 rings (SSSR count). The first-order valence-corrected chi connectivity index (χ1v) is 6.04. The summed E-state index contributed by atoms with van der Waals surface area (Å²) in [5, 5.41) is 12.2. The number of likely N-dealkylation sites (tertiary alicyclic amines) is 1. The van der Waals surface area contributed by atoms with Crippen molar-refractivity contribution < 1.29 is 9.59 Å². The number of fused-ring (bicyclic) bond motifs is 1. The van der Waals surface area contributed by atoms with Crippen molar-refractivity contribution in [3.05, 3.63) is 0 Å². The lowest BCUT2D eigenvalue weighted by Gasteiger charge is -2.28. The van der Waals surface area contributed by atoms with Crippen molar-refractivity contribution in [2.24, 2.45) is 11.8 Å². The molecule has 1 aliphatic carbocycles. The highest BCUT2D eigenvalue weighted by atomic mass is 16.2. The predicted molar refractivity (Wildman–Crippen MR) is 60.6 cm³/mol. The van der Waals surface area contributed by atoms with Crippen molar-refractivity contribution in [2.45, 2.75) is 32.2 Å². The summed E-state index contributed by atoms with van der Waals surface area (Å²) in [6.45, 7) is 4.60. The lowest BCUT2D eigenvalue weighted by molar-refractivity contribution is -0.142. The Balaban J connectivity index is 2.02. The van der Waals surface area contributed by atoms with Crippen LogP contribution >= 0.6 is 0 Å². The number of carbonyl (C=O) groups excluding carboxylic acids is 2. The summed E-state index contributed by atoms with van der Waals surface area (Å²) in [6, 6.07) is 2.15. The second-order valence-electron chi connectivity index (χ2n) is 5.08. The Morgan fingerprint density at radius 2 is 2.06 bits per heavy atom. The van der Waals surface area contributed by atoms with Crippen LogP contribution in [0.2, 0.25) is 0 Å². The van der Waals surface area contributed by atoms with E-state index in [2.05, 4.69) is 11.4 Å². The highest BCUT2D eigenvalue weighted by Crippen LogP contribution is 2.47. The van der Waals surface area contributed by atoms with Crippen LogP contribution in [0.15, 0.2) is 0 Å². The van der Waals surface area contributed by atoms with Crippen LogP contribution in [0.5, 0.6) is 0 Å². The molecule has 1 aliphatic heterocycles. The summed E-state index contributed by atoms with van der Waals surface area (Å²) in [5.74, 6) is -0.368.